The number of aliphatic hydroxyl groups excluding tert-OH is 1. The number of nitrogens with zero attached hydrogens (tertiary/aromatic N) is 3. The van der Waals surface area contributed by atoms with Gasteiger partial charge in [0.2, 0.25) is 5.79 Å². The first-order chi connectivity index (χ1) is 36.3. The monoisotopic (exact) mass is 1060 g/mol. The van der Waals surface area contributed by atoms with Crippen molar-refractivity contribution in [1.82, 2.24) is 14.9 Å². The summed E-state index contributed by atoms with van der Waals surface area (Å²) in [6, 6.07) is -1.16. The van der Waals surface area contributed by atoms with Crippen LogP contribution >= 0.6 is 0 Å². The van der Waals surface area contributed by atoms with Crippen LogP contribution in [0.15, 0.2) is 66.2 Å². The van der Waals surface area contributed by atoms with Crippen molar-refractivity contribution in [1.29, 1.82) is 0 Å². The van der Waals surface area contributed by atoms with Gasteiger partial charge < -0.3 is 48.3 Å². The minimum absolute atomic E-state index is 0.00766. The Kier molecular flexibility index (Phi) is 25.3. The van der Waals surface area contributed by atoms with Crippen LogP contribution in [0.2, 0.25) is 0 Å². The van der Waals surface area contributed by atoms with Crippen LogP contribution in [0.3, 0.4) is 0 Å². The smallest absolute Gasteiger partial charge is 0.329 e. The molecule has 4 aliphatic rings. The first kappa shape index (κ1) is 62.5. The Labute approximate surface area is 451 Å². The largest absolute Gasteiger partial charge is 0.460 e. The lowest BCUT2D eigenvalue weighted by Gasteiger charge is -2.43. The maximum absolute atomic E-state index is 14.6. The van der Waals surface area contributed by atoms with E-state index in [0.717, 1.165) is 24.1 Å². The van der Waals surface area contributed by atoms with Crippen molar-refractivity contribution in [2.24, 2.45) is 35.5 Å². The Hall–Kier alpha value is -4.33. The molecule has 424 valence electrons. The van der Waals surface area contributed by atoms with Gasteiger partial charge in [0.25, 0.3) is 11.7 Å². The summed E-state index contributed by atoms with van der Waals surface area (Å²) in [6.07, 6.45) is 17.4. The Bertz CT molecular complexity index is 2170. The quantitative estimate of drug-likeness (QED) is 0.0860. The summed E-state index contributed by atoms with van der Waals surface area (Å²) in [7, 11) is 4.68. The minimum Gasteiger partial charge on any atom is -0.460 e. The average molecular weight is 1060 g/mol. The molecule has 1 aromatic rings. The number of hydrogen-bond acceptors (Lipinski definition) is 16. The van der Waals surface area contributed by atoms with E-state index in [1.54, 1.807) is 59.7 Å². The van der Waals surface area contributed by atoms with Gasteiger partial charge in [0.05, 0.1) is 49.9 Å². The van der Waals surface area contributed by atoms with E-state index in [4.69, 9.17) is 33.2 Å². The lowest BCUT2D eigenvalue weighted by atomic mass is 9.78. The van der Waals surface area contributed by atoms with E-state index in [1.165, 1.54) is 12.0 Å². The van der Waals surface area contributed by atoms with Gasteiger partial charge >= 0.3 is 5.97 Å². The van der Waals surface area contributed by atoms with Gasteiger partial charge in [-0.3, -0.25) is 29.1 Å². The molecule has 1 aromatic heterocycles. The summed E-state index contributed by atoms with van der Waals surface area (Å²) in [6.45, 7) is 14.0. The van der Waals surface area contributed by atoms with Gasteiger partial charge in [-0.2, -0.15) is 0 Å². The summed E-state index contributed by atoms with van der Waals surface area (Å²) in [4.78, 5) is 81.6. The Morgan fingerprint density at radius 2 is 1.62 bits per heavy atom. The fourth-order valence-electron chi connectivity index (χ4n) is 11.3. The Morgan fingerprint density at radius 1 is 0.842 bits per heavy atom. The topological polar surface area (TPSA) is 219 Å². The number of carbonyl (C=O) groups excluding carboxylic acids is 5. The van der Waals surface area contributed by atoms with Crippen LogP contribution in [0.1, 0.15) is 131 Å². The predicted octanol–water partition coefficient (Wildman–Crippen LogP) is 7.25. The predicted molar refractivity (Wildman–Crippen MR) is 285 cm³/mol. The molecule has 0 radical (unpaired) electrons. The summed E-state index contributed by atoms with van der Waals surface area (Å²) >= 11 is 0. The lowest BCUT2D eigenvalue weighted by Crippen LogP contribution is -2.61. The van der Waals surface area contributed by atoms with Crippen molar-refractivity contribution in [3.8, 4) is 0 Å². The molecule has 15 atom stereocenters. The molecule has 3 fully saturated rings. The number of allylic oxidation sites excluding steroid dienone is 6. The van der Waals surface area contributed by atoms with E-state index in [9.17, 15) is 34.2 Å². The zero-order valence-corrected chi connectivity index (χ0v) is 46.9. The van der Waals surface area contributed by atoms with Gasteiger partial charge in [-0.1, -0.05) is 71.1 Å². The zero-order chi connectivity index (χ0) is 55.5. The number of methoxy groups -OCH3 is 3. The van der Waals surface area contributed by atoms with E-state index in [0.29, 0.717) is 76.8 Å². The highest BCUT2D eigenvalue weighted by Crippen LogP contribution is 2.38. The second-order valence-corrected chi connectivity index (χ2v) is 22.0. The van der Waals surface area contributed by atoms with Gasteiger partial charge in [-0.15, -0.1) is 0 Å². The molecule has 1 saturated carbocycles. The summed E-state index contributed by atoms with van der Waals surface area (Å²) in [5.74, 6) is -8.07. The molecule has 5 rings (SSSR count). The molecule has 1 aliphatic carbocycles. The van der Waals surface area contributed by atoms with Gasteiger partial charge in [0.15, 0.2) is 5.78 Å². The number of hydrogen-bond donors (Lipinski definition) is 2. The molecule has 0 aromatic carbocycles. The van der Waals surface area contributed by atoms with Crippen LogP contribution in [-0.2, 0) is 63.6 Å². The highest BCUT2D eigenvalue weighted by molar-refractivity contribution is 6.39. The van der Waals surface area contributed by atoms with Crippen LogP contribution in [0, 0.1) is 35.5 Å². The first-order valence-corrected chi connectivity index (χ1v) is 27.7. The van der Waals surface area contributed by atoms with E-state index < -0.39 is 77.8 Å². The van der Waals surface area contributed by atoms with Crippen LogP contribution in [0.4, 0.5) is 0 Å². The minimum atomic E-state index is -2.48. The molecular weight excluding hydrogens is 975 g/mol. The maximum atomic E-state index is 14.6. The number of carbonyl (C=O) groups is 5. The normalized spacial score (nSPS) is 36.2. The Morgan fingerprint density at radius 3 is 2.33 bits per heavy atom. The molecule has 2 N–H and O–H groups in total. The van der Waals surface area contributed by atoms with Crippen molar-refractivity contribution < 1.29 is 67.3 Å². The fourth-order valence-corrected chi connectivity index (χ4v) is 11.3. The number of cyclic esters (lactones) is 1. The van der Waals surface area contributed by atoms with E-state index >= 15 is 0 Å². The van der Waals surface area contributed by atoms with Crippen molar-refractivity contribution in [2.45, 2.75) is 186 Å². The van der Waals surface area contributed by atoms with Crippen LogP contribution in [0.5, 0.6) is 0 Å². The number of Topliss-reactive ketones (excluding diaryl/α,β-unsaturated/α-hetero) is 3. The lowest BCUT2D eigenvalue weighted by molar-refractivity contribution is -0.266. The number of fused-ring (bicyclic) bond motifs is 3. The number of amides is 1. The van der Waals surface area contributed by atoms with Gasteiger partial charge in [-0.05, 0) is 107 Å². The van der Waals surface area contributed by atoms with Crippen LogP contribution in [0.25, 0.3) is 0 Å². The number of aliphatic hydroxyl groups is 2. The fraction of sp³-hybridized carbons (Fsp3) is 0.712. The summed E-state index contributed by atoms with van der Waals surface area (Å²) < 4.78 is 42.0. The number of piperidine rings is 1. The number of rotatable bonds is 13. The van der Waals surface area contributed by atoms with Gasteiger partial charge in [0, 0.05) is 83.5 Å². The number of esters is 1. The van der Waals surface area contributed by atoms with Crippen molar-refractivity contribution in [2.75, 3.05) is 47.7 Å². The third kappa shape index (κ3) is 17.6. The zero-order valence-electron chi connectivity index (χ0n) is 46.9. The number of ether oxygens (including phenoxy) is 7. The molecule has 2 saturated heterocycles. The molecular formula is C59H89N3O14. The third-order valence-corrected chi connectivity index (χ3v) is 16.1. The number of aromatic nitrogens is 2. The second-order valence-electron chi connectivity index (χ2n) is 22.0. The third-order valence-electron chi connectivity index (χ3n) is 16.1. The molecule has 17 nitrogen and oxygen atoms in total. The van der Waals surface area contributed by atoms with E-state index in [2.05, 4.69) is 9.97 Å². The van der Waals surface area contributed by atoms with Crippen LogP contribution < -0.4 is 0 Å². The van der Waals surface area contributed by atoms with Crippen molar-refractivity contribution in [3.63, 3.8) is 0 Å². The maximum Gasteiger partial charge on any atom is 0.329 e. The van der Waals surface area contributed by atoms with Crippen molar-refractivity contribution in [3.05, 3.63) is 71.9 Å². The first-order valence-electron chi connectivity index (χ1n) is 27.7. The molecule has 3 aliphatic heterocycles. The highest BCUT2D eigenvalue weighted by atomic mass is 16.6. The van der Waals surface area contributed by atoms with Gasteiger partial charge in [-0.25, -0.2) is 4.79 Å². The molecule has 76 heavy (non-hydrogen) atoms. The van der Waals surface area contributed by atoms with Crippen molar-refractivity contribution >= 4 is 29.2 Å². The average Bonchev–Trinajstić information content (AvgIpc) is 3.41. The molecule has 17 heteroatoms. The Balaban J connectivity index is 1.47. The van der Waals surface area contributed by atoms with E-state index in [1.807, 2.05) is 58.1 Å². The van der Waals surface area contributed by atoms with Gasteiger partial charge in [0.1, 0.15) is 30.1 Å². The van der Waals surface area contributed by atoms with E-state index in [-0.39, 0.29) is 67.3 Å². The molecule has 2 bridgehead atoms. The highest BCUT2D eigenvalue weighted by Gasteiger charge is 2.53. The molecule has 1 unspecified atom stereocenters. The SMILES string of the molecule is COCCO[C@@H]1CC[C@@H](C[C@@H](C)[C@@H]2CC(=O)[C@H](C)/C=C(\C)[C@@H](O)[C@@H](OC)C(=O)[C@H](C)C[C@H](C)/C=C/C=C/C=C(\C)C(OCCc3cnccn3)C[C@@H]3CC[C@@H](C)[C@@](O)(O3)C(=O)C(=O)N3CCCC[C@H]3C(=O)O2)C[C@H]1OC. The second kappa shape index (κ2) is 30.7. The number of ketones is 3. The molecule has 0 spiro atoms. The summed E-state index contributed by atoms with van der Waals surface area (Å²) in [5, 5.41) is 23.8. The molecule has 1 amide bonds. The molecule has 4 heterocycles. The van der Waals surface area contributed by atoms with Crippen LogP contribution in [-0.4, -0.2) is 157 Å². The standard InChI is InChI=1S/C59H89N3O14/c1-37-16-12-11-13-17-38(2)50(73-27-23-45-36-60-24-25-61-45)34-46-21-19-43(7)59(69,76-46)56(66)57(67)62-26-15-14-18-47(62)58(68)75-51(40(4)32-44-20-22-49(52(33-44)71-9)74-29-28-70-8)35-48(63)39(3)31-42(6)54(65)55(72-10)53(64)41(5)30-37/h11-13,16-17,24-25,31,36-37,39-41,43-44,46-47,49-52,54-55,65,69H,14-15,18-23,26-30,32-35H2,1-10H3/b13-11+,16-12+,38-17+,42-31+/t37-,39-,40-,41-,43-,44+,46+,47+,49-,50?,51+,52-,54-,55+,59-/m1/s1. The summed E-state index contributed by atoms with van der Waals surface area (Å²) in [5.41, 5.74) is 2.00.